The van der Waals surface area contributed by atoms with E-state index in [1.807, 2.05) is 0 Å². The van der Waals surface area contributed by atoms with Gasteiger partial charge in [-0.1, -0.05) is 6.42 Å². The third kappa shape index (κ3) is 1.93. The molecule has 2 aliphatic rings. The molecule has 1 aliphatic carbocycles. The SMILES string of the molecule is N[C@@H]1CC2(CCCCC2)Oc2ccc(F)cc21. The second-order valence-electron chi connectivity index (χ2n) is 5.34. The first kappa shape index (κ1) is 11.0. The summed E-state index contributed by atoms with van der Waals surface area (Å²) >= 11 is 0. The summed E-state index contributed by atoms with van der Waals surface area (Å²) in [4.78, 5) is 0. The van der Waals surface area contributed by atoms with Gasteiger partial charge < -0.3 is 10.5 Å². The van der Waals surface area contributed by atoms with Crippen LogP contribution in [0.25, 0.3) is 0 Å². The van der Waals surface area contributed by atoms with Gasteiger partial charge in [0.1, 0.15) is 17.2 Å². The van der Waals surface area contributed by atoms with Gasteiger partial charge >= 0.3 is 0 Å². The van der Waals surface area contributed by atoms with Gasteiger partial charge in [-0.15, -0.1) is 0 Å². The highest BCUT2D eigenvalue weighted by Gasteiger charge is 2.40. The summed E-state index contributed by atoms with van der Waals surface area (Å²) in [5.41, 5.74) is 6.91. The largest absolute Gasteiger partial charge is 0.487 e. The molecule has 0 aromatic heterocycles. The number of rotatable bonds is 0. The van der Waals surface area contributed by atoms with E-state index in [9.17, 15) is 4.39 Å². The molecule has 0 saturated heterocycles. The monoisotopic (exact) mass is 235 g/mol. The number of ether oxygens (including phenoxy) is 1. The van der Waals surface area contributed by atoms with E-state index in [2.05, 4.69) is 0 Å². The number of hydrogen-bond donors (Lipinski definition) is 1. The van der Waals surface area contributed by atoms with E-state index in [1.54, 1.807) is 6.07 Å². The van der Waals surface area contributed by atoms with Gasteiger partial charge in [-0.05, 0) is 43.9 Å². The summed E-state index contributed by atoms with van der Waals surface area (Å²) in [6.07, 6.45) is 6.70. The maximum absolute atomic E-state index is 13.2. The predicted molar refractivity (Wildman–Crippen MR) is 64.4 cm³/mol. The van der Waals surface area contributed by atoms with Crippen molar-refractivity contribution < 1.29 is 9.13 Å². The van der Waals surface area contributed by atoms with Crippen LogP contribution in [-0.4, -0.2) is 5.60 Å². The smallest absolute Gasteiger partial charge is 0.125 e. The minimum Gasteiger partial charge on any atom is -0.487 e. The van der Waals surface area contributed by atoms with Crippen LogP contribution in [0.4, 0.5) is 4.39 Å². The van der Waals surface area contributed by atoms with Crippen LogP contribution in [0.3, 0.4) is 0 Å². The van der Waals surface area contributed by atoms with E-state index < -0.39 is 0 Å². The maximum Gasteiger partial charge on any atom is 0.125 e. The van der Waals surface area contributed by atoms with Crippen LogP contribution in [-0.2, 0) is 0 Å². The van der Waals surface area contributed by atoms with E-state index >= 15 is 0 Å². The highest BCUT2D eigenvalue weighted by atomic mass is 19.1. The van der Waals surface area contributed by atoms with Gasteiger partial charge in [-0.3, -0.25) is 0 Å². The highest BCUT2D eigenvalue weighted by Crippen LogP contribution is 2.45. The molecular weight excluding hydrogens is 217 g/mol. The molecule has 2 nitrogen and oxygen atoms in total. The number of halogens is 1. The molecular formula is C14H18FNO. The lowest BCUT2D eigenvalue weighted by Gasteiger charge is -2.43. The Bertz CT molecular complexity index is 426. The summed E-state index contributed by atoms with van der Waals surface area (Å²) in [5.74, 6) is 0.550. The van der Waals surface area contributed by atoms with Gasteiger partial charge in [0, 0.05) is 18.0 Å². The summed E-state index contributed by atoms with van der Waals surface area (Å²) in [7, 11) is 0. The van der Waals surface area contributed by atoms with Crippen molar-refractivity contribution in [3.05, 3.63) is 29.6 Å². The van der Waals surface area contributed by atoms with Crippen molar-refractivity contribution in [2.24, 2.45) is 5.73 Å². The second-order valence-corrected chi connectivity index (χ2v) is 5.34. The van der Waals surface area contributed by atoms with Gasteiger partial charge in [-0.25, -0.2) is 4.39 Å². The Morgan fingerprint density at radius 2 is 2.00 bits per heavy atom. The van der Waals surface area contributed by atoms with Gasteiger partial charge in [0.25, 0.3) is 0 Å². The van der Waals surface area contributed by atoms with Crippen molar-refractivity contribution in [1.82, 2.24) is 0 Å². The zero-order valence-electron chi connectivity index (χ0n) is 9.92. The average Bonchev–Trinajstić information content (AvgIpc) is 2.31. The first-order valence-electron chi connectivity index (χ1n) is 6.43. The van der Waals surface area contributed by atoms with Crippen molar-refractivity contribution in [2.75, 3.05) is 0 Å². The molecule has 3 rings (SSSR count). The van der Waals surface area contributed by atoms with Crippen LogP contribution < -0.4 is 10.5 Å². The van der Waals surface area contributed by atoms with Gasteiger partial charge in [0.05, 0.1) is 0 Å². The Balaban J connectivity index is 1.94. The lowest BCUT2D eigenvalue weighted by atomic mass is 9.77. The average molecular weight is 235 g/mol. The molecule has 0 amide bonds. The molecule has 2 N–H and O–H groups in total. The molecule has 1 aliphatic heterocycles. The standard InChI is InChI=1S/C14H18FNO/c15-10-4-5-13-11(8-10)12(16)9-14(17-13)6-2-1-3-7-14/h4-5,8,12H,1-3,6-7,9,16H2/t12-/m1/s1. The zero-order valence-corrected chi connectivity index (χ0v) is 9.92. The third-order valence-corrected chi connectivity index (χ3v) is 4.05. The number of nitrogens with two attached hydrogens (primary N) is 1. The fourth-order valence-electron chi connectivity index (χ4n) is 3.19. The molecule has 3 heteroatoms. The molecule has 1 heterocycles. The minimum atomic E-state index is -0.234. The molecule has 17 heavy (non-hydrogen) atoms. The second kappa shape index (κ2) is 3.98. The topological polar surface area (TPSA) is 35.2 Å². The maximum atomic E-state index is 13.2. The Morgan fingerprint density at radius 3 is 2.76 bits per heavy atom. The van der Waals surface area contributed by atoms with Crippen LogP contribution in [0, 0.1) is 5.82 Å². The molecule has 1 aromatic carbocycles. The van der Waals surface area contributed by atoms with E-state index in [0.717, 1.165) is 30.6 Å². The van der Waals surface area contributed by atoms with Crippen molar-refractivity contribution in [3.8, 4) is 5.75 Å². The van der Waals surface area contributed by atoms with Crippen LogP contribution in [0.1, 0.15) is 50.1 Å². The predicted octanol–water partition coefficient (Wildman–Crippen LogP) is 3.31. The number of hydrogen-bond acceptors (Lipinski definition) is 2. The molecule has 1 aromatic rings. The zero-order chi connectivity index (χ0) is 11.9. The summed E-state index contributed by atoms with van der Waals surface area (Å²) in [6, 6.07) is 4.59. The summed E-state index contributed by atoms with van der Waals surface area (Å²) in [5, 5.41) is 0. The molecule has 0 radical (unpaired) electrons. The first-order chi connectivity index (χ1) is 8.19. The Hall–Kier alpha value is -1.09. The number of benzene rings is 1. The molecule has 1 saturated carbocycles. The van der Waals surface area contributed by atoms with Gasteiger partial charge in [0.2, 0.25) is 0 Å². The molecule has 1 fully saturated rings. The molecule has 0 bridgehead atoms. The minimum absolute atomic E-state index is 0.0809. The lowest BCUT2D eigenvalue weighted by Crippen LogP contribution is -2.44. The Kier molecular flexibility index (Phi) is 2.58. The van der Waals surface area contributed by atoms with Crippen LogP contribution >= 0.6 is 0 Å². The van der Waals surface area contributed by atoms with Crippen molar-refractivity contribution >= 4 is 0 Å². The Labute approximate surface area is 101 Å². The lowest BCUT2D eigenvalue weighted by molar-refractivity contribution is 0.00179. The van der Waals surface area contributed by atoms with Crippen molar-refractivity contribution in [1.29, 1.82) is 0 Å². The number of fused-ring (bicyclic) bond motifs is 1. The summed E-state index contributed by atoms with van der Waals surface area (Å²) < 4.78 is 19.3. The van der Waals surface area contributed by atoms with Crippen LogP contribution in [0.2, 0.25) is 0 Å². The van der Waals surface area contributed by atoms with E-state index in [-0.39, 0.29) is 17.5 Å². The van der Waals surface area contributed by atoms with E-state index in [1.165, 1.54) is 31.4 Å². The van der Waals surface area contributed by atoms with E-state index in [0.29, 0.717) is 0 Å². The van der Waals surface area contributed by atoms with Crippen LogP contribution in [0.5, 0.6) is 5.75 Å². The molecule has 1 spiro atoms. The molecule has 92 valence electrons. The van der Waals surface area contributed by atoms with Gasteiger partial charge in [0.15, 0.2) is 0 Å². The van der Waals surface area contributed by atoms with Gasteiger partial charge in [-0.2, -0.15) is 0 Å². The first-order valence-corrected chi connectivity index (χ1v) is 6.43. The fourth-order valence-corrected chi connectivity index (χ4v) is 3.19. The van der Waals surface area contributed by atoms with E-state index in [4.69, 9.17) is 10.5 Å². The molecule has 1 atom stereocenters. The quantitative estimate of drug-likeness (QED) is 0.748. The van der Waals surface area contributed by atoms with Crippen molar-refractivity contribution in [3.63, 3.8) is 0 Å². The molecule has 0 unspecified atom stereocenters. The highest BCUT2D eigenvalue weighted by molar-refractivity contribution is 5.39. The summed E-state index contributed by atoms with van der Waals surface area (Å²) in [6.45, 7) is 0. The normalized spacial score (nSPS) is 26.4. The Morgan fingerprint density at radius 1 is 1.24 bits per heavy atom. The third-order valence-electron chi connectivity index (χ3n) is 4.05. The fraction of sp³-hybridized carbons (Fsp3) is 0.571. The van der Waals surface area contributed by atoms with Crippen molar-refractivity contribution in [2.45, 2.75) is 50.2 Å². The van der Waals surface area contributed by atoms with Crippen LogP contribution in [0.15, 0.2) is 18.2 Å².